The van der Waals surface area contributed by atoms with E-state index >= 15 is 0 Å². The summed E-state index contributed by atoms with van der Waals surface area (Å²) >= 11 is 8.66. The van der Waals surface area contributed by atoms with Crippen molar-refractivity contribution in [2.75, 3.05) is 19.7 Å². The zero-order valence-corrected chi connectivity index (χ0v) is 24.6. The Kier molecular flexibility index (Phi) is 14.0. The summed E-state index contributed by atoms with van der Waals surface area (Å²) in [4.78, 5) is 36.9. The minimum atomic E-state index is -0.790. The van der Waals surface area contributed by atoms with Crippen LogP contribution in [0, 0.1) is 0 Å². The molecule has 0 radical (unpaired) electrons. The third kappa shape index (κ3) is 14.9. The van der Waals surface area contributed by atoms with Gasteiger partial charge in [0.15, 0.2) is 0 Å². The van der Waals surface area contributed by atoms with Gasteiger partial charge in [0.1, 0.15) is 29.6 Å². The van der Waals surface area contributed by atoms with Crippen molar-refractivity contribution < 1.29 is 28.6 Å². The van der Waals surface area contributed by atoms with Crippen LogP contribution in [0.5, 0.6) is 5.75 Å². The third-order valence-electron chi connectivity index (χ3n) is 4.78. The molecule has 0 spiro atoms. The number of hydrogen-bond donors (Lipinski definition) is 5. The highest BCUT2D eigenvalue weighted by atomic mass is 32.1. The van der Waals surface area contributed by atoms with Crippen LogP contribution < -0.4 is 20.7 Å². The van der Waals surface area contributed by atoms with Crippen LogP contribution in [0.3, 0.4) is 0 Å². The molecule has 1 aromatic rings. The first-order chi connectivity index (χ1) is 17.2. The van der Waals surface area contributed by atoms with Crippen LogP contribution in [-0.2, 0) is 25.8 Å². The fraction of sp³-hybridized carbons (Fsp3) is 0.654. The number of nitrogens with one attached hydrogen (secondary N) is 3. The number of unbranched alkanes of at least 4 members (excludes halogenated alkanes) is 1. The van der Waals surface area contributed by atoms with Gasteiger partial charge in [0.05, 0.1) is 6.54 Å². The number of carbonyl (C=O) groups is 3. The van der Waals surface area contributed by atoms with Crippen molar-refractivity contribution >= 4 is 43.4 Å². The van der Waals surface area contributed by atoms with Crippen molar-refractivity contribution in [3.63, 3.8) is 0 Å². The van der Waals surface area contributed by atoms with E-state index in [1.807, 2.05) is 18.2 Å². The second kappa shape index (κ2) is 15.9. The SMILES string of the molecule is CC(C)(C)OC(=O)NCCCCC(NC(=O)OC(C)(C)C)C(=O)NCCOc1ccc(CS)c(CS)c1. The maximum absolute atomic E-state index is 12.8. The summed E-state index contributed by atoms with van der Waals surface area (Å²) in [5.41, 5.74) is 0.878. The molecule has 0 saturated heterocycles. The Balaban J connectivity index is 2.57. The molecule has 11 heteroatoms. The lowest BCUT2D eigenvalue weighted by atomic mass is 10.1. The smallest absolute Gasteiger partial charge is 0.408 e. The van der Waals surface area contributed by atoms with Gasteiger partial charge >= 0.3 is 12.2 Å². The number of alkyl carbamates (subject to hydrolysis) is 2. The van der Waals surface area contributed by atoms with Gasteiger partial charge in [0, 0.05) is 18.1 Å². The number of benzene rings is 1. The normalized spacial score (nSPS) is 12.3. The third-order valence-corrected chi connectivity index (χ3v) is 5.47. The average Bonchev–Trinajstić information content (AvgIpc) is 2.78. The maximum Gasteiger partial charge on any atom is 0.408 e. The molecule has 0 saturated carbocycles. The highest BCUT2D eigenvalue weighted by Gasteiger charge is 2.24. The molecule has 0 aromatic heterocycles. The van der Waals surface area contributed by atoms with E-state index in [1.165, 1.54) is 0 Å². The molecule has 3 amide bonds. The Bertz CT molecular complexity index is 884. The molecular formula is C26H43N3O6S2. The molecular weight excluding hydrogens is 514 g/mol. The number of rotatable bonds is 13. The Morgan fingerprint density at radius 1 is 0.838 bits per heavy atom. The van der Waals surface area contributed by atoms with Crippen LogP contribution in [0.2, 0.25) is 0 Å². The zero-order chi connectivity index (χ0) is 28.1. The second-order valence-corrected chi connectivity index (χ2v) is 11.1. The molecule has 37 heavy (non-hydrogen) atoms. The van der Waals surface area contributed by atoms with E-state index in [0.717, 1.165) is 11.1 Å². The standard InChI is InChI=1S/C26H43N3O6S2/c1-25(2,3)34-23(31)28-12-8-7-9-21(29-24(32)35-26(4,5)6)22(30)27-13-14-33-20-11-10-18(16-36)19(15-20)17-37/h10-11,15,21,36-37H,7-9,12-14,16-17H2,1-6H3,(H,27,30)(H,28,31)(H,29,32). The molecule has 210 valence electrons. The Morgan fingerprint density at radius 2 is 1.46 bits per heavy atom. The molecule has 1 atom stereocenters. The Hall–Kier alpha value is -2.27. The van der Waals surface area contributed by atoms with E-state index < -0.39 is 29.4 Å². The van der Waals surface area contributed by atoms with E-state index in [2.05, 4.69) is 41.2 Å². The van der Waals surface area contributed by atoms with Crippen molar-refractivity contribution in [3.05, 3.63) is 29.3 Å². The lowest BCUT2D eigenvalue weighted by molar-refractivity contribution is -0.123. The molecule has 0 bridgehead atoms. The number of amides is 3. The van der Waals surface area contributed by atoms with E-state index in [0.29, 0.717) is 43.1 Å². The van der Waals surface area contributed by atoms with Crippen LogP contribution in [0.4, 0.5) is 9.59 Å². The van der Waals surface area contributed by atoms with Crippen LogP contribution in [0.25, 0.3) is 0 Å². The van der Waals surface area contributed by atoms with Gasteiger partial charge in [0.25, 0.3) is 0 Å². The summed E-state index contributed by atoms with van der Waals surface area (Å²) in [5.74, 6) is 1.55. The minimum absolute atomic E-state index is 0.260. The number of ether oxygens (including phenoxy) is 3. The van der Waals surface area contributed by atoms with Gasteiger partial charge in [-0.05, 0) is 84.1 Å². The first-order valence-corrected chi connectivity index (χ1v) is 13.7. The van der Waals surface area contributed by atoms with E-state index in [9.17, 15) is 14.4 Å². The molecule has 0 aliphatic rings. The van der Waals surface area contributed by atoms with Crippen molar-refractivity contribution in [1.82, 2.24) is 16.0 Å². The van der Waals surface area contributed by atoms with E-state index in [4.69, 9.17) is 14.2 Å². The first-order valence-electron chi connectivity index (χ1n) is 12.4. The summed E-state index contributed by atoms with van der Waals surface area (Å²) in [6.07, 6.45) is 0.412. The second-order valence-electron chi connectivity index (χ2n) is 10.5. The lowest BCUT2D eigenvalue weighted by Crippen LogP contribution is -2.48. The fourth-order valence-electron chi connectivity index (χ4n) is 3.16. The Labute approximate surface area is 232 Å². The predicted octanol–water partition coefficient (Wildman–Crippen LogP) is 4.63. The van der Waals surface area contributed by atoms with Crippen LogP contribution >= 0.6 is 25.3 Å². The van der Waals surface area contributed by atoms with Gasteiger partial charge < -0.3 is 30.2 Å². The van der Waals surface area contributed by atoms with Gasteiger partial charge in [0.2, 0.25) is 5.91 Å². The minimum Gasteiger partial charge on any atom is -0.492 e. The zero-order valence-electron chi connectivity index (χ0n) is 22.8. The average molecular weight is 558 g/mol. The topological polar surface area (TPSA) is 115 Å². The number of carbonyl (C=O) groups excluding carboxylic acids is 3. The maximum atomic E-state index is 12.8. The van der Waals surface area contributed by atoms with Crippen molar-refractivity contribution in [1.29, 1.82) is 0 Å². The fourth-order valence-corrected chi connectivity index (χ4v) is 3.76. The summed E-state index contributed by atoms with van der Waals surface area (Å²) in [7, 11) is 0. The summed E-state index contributed by atoms with van der Waals surface area (Å²) in [6, 6.07) is 4.93. The van der Waals surface area contributed by atoms with Gasteiger partial charge in [-0.2, -0.15) is 25.3 Å². The molecule has 1 rings (SSSR count). The molecule has 0 aliphatic heterocycles. The molecule has 0 aliphatic carbocycles. The van der Waals surface area contributed by atoms with Gasteiger partial charge in [-0.15, -0.1) is 0 Å². The summed E-state index contributed by atoms with van der Waals surface area (Å²) < 4.78 is 16.3. The predicted molar refractivity (Wildman–Crippen MR) is 152 cm³/mol. The van der Waals surface area contributed by atoms with Crippen molar-refractivity contribution in [3.8, 4) is 5.75 Å². The van der Waals surface area contributed by atoms with Gasteiger partial charge in [-0.3, -0.25) is 4.79 Å². The molecule has 0 heterocycles. The quantitative estimate of drug-likeness (QED) is 0.178. The number of hydrogen-bond acceptors (Lipinski definition) is 8. The number of thiol groups is 2. The highest BCUT2D eigenvalue weighted by Crippen LogP contribution is 2.21. The molecule has 1 unspecified atom stereocenters. The monoisotopic (exact) mass is 557 g/mol. The van der Waals surface area contributed by atoms with Gasteiger partial charge in [-0.1, -0.05) is 6.07 Å². The molecule has 1 aromatic carbocycles. The lowest BCUT2D eigenvalue weighted by Gasteiger charge is -2.23. The van der Waals surface area contributed by atoms with Crippen molar-refractivity contribution in [2.24, 2.45) is 0 Å². The van der Waals surface area contributed by atoms with Crippen LogP contribution in [-0.4, -0.2) is 55.0 Å². The van der Waals surface area contributed by atoms with Gasteiger partial charge in [-0.25, -0.2) is 9.59 Å². The van der Waals surface area contributed by atoms with Crippen molar-refractivity contribution in [2.45, 2.75) is 89.6 Å². The molecule has 0 fully saturated rings. The van der Waals surface area contributed by atoms with E-state index in [-0.39, 0.29) is 19.1 Å². The van der Waals surface area contributed by atoms with E-state index in [1.54, 1.807) is 41.5 Å². The summed E-state index contributed by atoms with van der Waals surface area (Å²) in [5, 5.41) is 8.14. The van der Waals surface area contributed by atoms with Crippen LogP contribution in [0.1, 0.15) is 71.9 Å². The largest absolute Gasteiger partial charge is 0.492 e. The summed E-state index contributed by atoms with van der Waals surface area (Å²) in [6.45, 7) is 11.6. The van der Waals surface area contributed by atoms with Crippen LogP contribution in [0.15, 0.2) is 18.2 Å². The Morgan fingerprint density at radius 3 is 2.05 bits per heavy atom. The highest BCUT2D eigenvalue weighted by molar-refractivity contribution is 7.79. The first kappa shape index (κ1) is 32.8. The molecule has 9 nitrogen and oxygen atoms in total. The molecule has 3 N–H and O–H groups in total.